The van der Waals surface area contributed by atoms with E-state index in [1.165, 1.54) is 0 Å². The number of aliphatic hydroxyl groups excluding tert-OH is 1. The summed E-state index contributed by atoms with van der Waals surface area (Å²) in [4.78, 5) is 11.5. The molecule has 2 atom stereocenters. The van der Waals surface area contributed by atoms with Gasteiger partial charge in [0.1, 0.15) is 12.7 Å². The summed E-state index contributed by atoms with van der Waals surface area (Å²) in [6.07, 6.45) is -0.716. The SMILES string of the molecule is CCNC(=O)C(C)NCC(O)COc1ccccc1OC. The zero-order valence-electron chi connectivity index (χ0n) is 12.8. The molecule has 0 saturated carbocycles. The van der Waals surface area contributed by atoms with E-state index in [1.807, 2.05) is 19.1 Å². The Bertz CT molecular complexity index is 439. The molecule has 0 spiro atoms. The third kappa shape index (κ3) is 6.01. The Kier molecular flexibility index (Phi) is 7.56. The van der Waals surface area contributed by atoms with Crippen molar-refractivity contribution >= 4 is 5.91 Å². The van der Waals surface area contributed by atoms with E-state index in [1.54, 1.807) is 26.2 Å². The highest BCUT2D eigenvalue weighted by molar-refractivity contribution is 5.81. The van der Waals surface area contributed by atoms with Crippen molar-refractivity contribution < 1.29 is 19.4 Å². The molecule has 0 bridgehead atoms. The van der Waals surface area contributed by atoms with Crippen LogP contribution in [0.2, 0.25) is 0 Å². The van der Waals surface area contributed by atoms with Crippen LogP contribution in [0.25, 0.3) is 0 Å². The van der Waals surface area contributed by atoms with Crippen molar-refractivity contribution in [1.29, 1.82) is 0 Å². The second-order valence-corrected chi connectivity index (χ2v) is 4.64. The lowest BCUT2D eigenvalue weighted by molar-refractivity contribution is -0.122. The second kappa shape index (κ2) is 9.20. The molecule has 118 valence electrons. The molecule has 0 heterocycles. The van der Waals surface area contributed by atoms with Crippen molar-refractivity contribution in [3.8, 4) is 11.5 Å². The molecule has 3 N–H and O–H groups in total. The van der Waals surface area contributed by atoms with E-state index in [2.05, 4.69) is 10.6 Å². The zero-order chi connectivity index (χ0) is 15.7. The number of para-hydroxylation sites is 2. The van der Waals surface area contributed by atoms with Crippen molar-refractivity contribution in [2.75, 3.05) is 26.8 Å². The summed E-state index contributed by atoms with van der Waals surface area (Å²) in [6, 6.07) is 6.89. The van der Waals surface area contributed by atoms with Crippen molar-refractivity contribution in [2.45, 2.75) is 26.0 Å². The first-order chi connectivity index (χ1) is 10.1. The lowest BCUT2D eigenvalue weighted by Crippen LogP contribution is -2.45. The number of ether oxygens (including phenoxy) is 2. The Morgan fingerprint density at radius 2 is 2.00 bits per heavy atom. The first-order valence-electron chi connectivity index (χ1n) is 7.03. The number of amides is 1. The Morgan fingerprint density at radius 3 is 2.62 bits per heavy atom. The van der Waals surface area contributed by atoms with E-state index < -0.39 is 6.10 Å². The molecular weight excluding hydrogens is 272 g/mol. The fourth-order valence-electron chi connectivity index (χ4n) is 1.72. The third-order valence-electron chi connectivity index (χ3n) is 2.90. The van der Waals surface area contributed by atoms with Crippen molar-refractivity contribution in [2.24, 2.45) is 0 Å². The van der Waals surface area contributed by atoms with Gasteiger partial charge in [0, 0.05) is 13.1 Å². The quantitative estimate of drug-likeness (QED) is 0.620. The molecule has 1 amide bonds. The van der Waals surface area contributed by atoms with Gasteiger partial charge >= 0.3 is 0 Å². The van der Waals surface area contributed by atoms with Gasteiger partial charge in [-0.3, -0.25) is 4.79 Å². The summed E-state index contributed by atoms with van der Waals surface area (Å²) < 4.78 is 10.7. The molecule has 0 fully saturated rings. The minimum Gasteiger partial charge on any atom is -0.493 e. The largest absolute Gasteiger partial charge is 0.493 e. The molecule has 1 rings (SSSR count). The van der Waals surface area contributed by atoms with Gasteiger partial charge in [-0.2, -0.15) is 0 Å². The van der Waals surface area contributed by atoms with Gasteiger partial charge in [-0.25, -0.2) is 0 Å². The van der Waals surface area contributed by atoms with Crippen LogP contribution in [0.1, 0.15) is 13.8 Å². The van der Waals surface area contributed by atoms with Crippen LogP contribution in [0.3, 0.4) is 0 Å². The monoisotopic (exact) mass is 296 g/mol. The first-order valence-corrected chi connectivity index (χ1v) is 7.03. The Balaban J connectivity index is 2.34. The molecule has 0 saturated heterocycles. The summed E-state index contributed by atoms with van der Waals surface area (Å²) in [5.41, 5.74) is 0. The summed E-state index contributed by atoms with van der Waals surface area (Å²) in [5.74, 6) is 1.11. The predicted molar refractivity (Wildman–Crippen MR) is 80.6 cm³/mol. The highest BCUT2D eigenvalue weighted by Crippen LogP contribution is 2.25. The number of methoxy groups -OCH3 is 1. The third-order valence-corrected chi connectivity index (χ3v) is 2.90. The lowest BCUT2D eigenvalue weighted by Gasteiger charge is -2.17. The zero-order valence-corrected chi connectivity index (χ0v) is 12.8. The minimum absolute atomic E-state index is 0.0876. The van der Waals surface area contributed by atoms with E-state index in [-0.39, 0.29) is 25.1 Å². The summed E-state index contributed by atoms with van der Waals surface area (Å²) >= 11 is 0. The fraction of sp³-hybridized carbons (Fsp3) is 0.533. The predicted octanol–water partition coefficient (Wildman–Crippen LogP) is 0.549. The maximum absolute atomic E-state index is 11.5. The highest BCUT2D eigenvalue weighted by Gasteiger charge is 2.14. The van der Waals surface area contributed by atoms with Gasteiger partial charge in [-0.05, 0) is 26.0 Å². The number of benzene rings is 1. The van der Waals surface area contributed by atoms with Gasteiger partial charge in [0.05, 0.1) is 13.2 Å². The van der Waals surface area contributed by atoms with Crippen molar-refractivity contribution in [1.82, 2.24) is 10.6 Å². The van der Waals surface area contributed by atoms with Crippen molar-refractivity contribution in [3.63, 3.8) is 0 Å². The molecule has 0 aromatic heterocycles. The standard InChI is InChI=1S/C15H24N2O4/c1-4-16-15(19)11(2)17-9-12(18)10-21-14-8-6-5-7-13(14)20-3/h5-8,11-12,17-18H,4,9-10H2,1-3H3,(H,16,19). The number of likely N-dealkylation sites (N-methyl/N-ethyl adjacent to an activating group) is 1. The summed E-state index contributed by atoms with van der Waals surface area (Å²) in [7, 11) is 1.56. The summed E-state index contributed by atoms with van der Waals surface area (Å²) in [6.45, 7) is 4.59. The molecule has 6 heteroatoms. The molecule has 0 aliphatic heterocycles. The van der Waals surface area contributed by atoms with Gasteiger partial charge in [-0.15, -0.1) is 0 Å². The smallest absolute Gasteiger partial charge is 0.236 e. The molecule has 2 unspecified atom stereocenters. The number of nitrogens with one attached hydrogen (secondary N) is 2. The number of hydrogen-bond acceptors (Lipinski definition) is 5. The topological polar surface area (TPSA) is 79.8 Å². The molecule has 21 heavy (non-hydrogen) atoms. The van der Waals surface area contributed by atoms with Crippen LogP contribution < -0.4 is 20.1 Å². The molecule has 6 nitrogen and oxygen atoms in total. The molecule has 1 aromatic rings. The van der Waals surface area contributed by atoms with Gasteiger partial charge < -0.3 is 25.2 Å². The van der Waals surface area contributed by atoms with Crippen LogP contribution >= 0.6 is 0 Å². The van der Waals surface area contributed by atoms with E-state index in [9.17, 15) is 9.90 Å². The van der Waals surface area contributed by atoms with E-state index in [0.29, 0.717) is 18.0 Å². The van der Waals surface area contributed by atoms with Crippen LogP contribution in [0.15, 0.2) is 24.3 Å². The lowest BCUT2D eigenvalue weighted by atomic mass is 10.2. The van der Waals surface area contributed by atoms with E-state index in [4.69, 9.17) is 9.47 Å². The fourth-order valence-corrected chi connectivity index (χ4v) is 1.72. The molecule has 1 aromatic carbocycles. The molecule has 0 aliphatic rings. The average Bonchev–Trinajstić information content (AvgIpc) is 2.50. The van der Waals surface area contributed by atoms with Crippen LogP contribution in [-0.2, 0) is 4.79 Å². The van der Waals surface area contributed by atoms with Crippen LogP contribution in [0, 0.1) is 0 Å². The molecular formula is C15H24N2O4. The number of aliphatic hydroxyl groups is 1. The normalized spacial score (nSPS) is 13.3. The highest BCUT2D eigenvalue weighted by atomic mass is 16.5. The Hall–Kier alpha value is -1.79. The maximum atomic E-state index is 11.5. The van der Waals surface area contributed by atoms with Gasteiger partial charge in [0.15, 0.2) is 11.5 Å². The number of carbonyl (C=O) groups is 1. The molecule has 0 radical (unpaired) electrons. The van der Waals surface area contributed by atoms with Gasteiger partial charge in [0.25, 0.3) is 0 Å². The van der Waals surface area contributed by atoms with Crippen molar-refractivity contribution in [3.05, 3.63) is 24.3 Å². The van der Waals surface area contributed by atoms with E-state index >= 15 is 0 Å². The second-order valence-electron chi connectivity index (χ2n) is 4.64. The molecule has 0 aliphatic carbocycles. The number of carbonyl (C=O) groups excluding carboxylic acids is 1. The number of hydrogen-bond donors (Lipinski definition) is 3. The minimum atomic E-state index is -0.716. The van der Waals surface area contributed by atoms with Crippen LogP contribution in [0.4, 0.5) is 0 Å². The van der Waals surface area contributed by atoms with E-state index in [0.717, 1.165) is 0 Å². The van der Waals surface area contributed by atoms with Gasteiger partial charge in [0.2, 0.25) is 5.91 Å². The first kappa shape index (κ1) is 17.3. The van der Waals surface area contributed by atoms with Crippen LogP contribution in [0.5, 0.6) is 11.5 Å². The number of rotatable bonds is 9. The Morgan fingerprint density at radius 1 is 1.33 bits per heavy atom. The van der Waals surface area contributed by atoms with Crippen LogP contribution in [-0.4, -0.2) is 50.0 Å². The average molecular weight is 296 g/mol. The van der Waals surface area contributed by atoms with Gasteiger partial charge in [-0.1, -0.05) is 12.1 Å². The maximum Gasteiger partial charge on any atom is 0.236 e. The Labute approximate surface area is 125 Å². The summed E-state index contributed by atoms with van der Waals surface area (Å²) in [5, 5.41) is 15.5.